The van der Waals surface area contributed by atoms with Gasteiger partial charge in [0.25, 0.3) is 0 Å². The molecule has 0 fully saturated rings. The van der Waals surface area contributed by atoms with E-state index in [0.717, 1.165) is 19.4 Å². The molecular weight excluding hydrogens is 276 g/mol. The number of hydrogen-bond acceptors (Lipinski definition) is 3. The average Bonchev–Trinajstić information content (AvgIpc) is 2.93. The number of nitrogens with one attached hydrogen (secondary N) is 1. The second-order valence-electron chi connectivity index (χ2n) is 6.68. The molecule has 21 heavy (non-hydrogen) atoms. The van der Waals surface area contributed by atoms with Crippen LogP contribution in [0.15, 0.2) is 35.7 Å². The van der Waals surface area contributed by atoms with Crippen LogP contribution in [0, 0.1) is 0 Å². The predicted molar refractivity (Wildman–Crippen MR) is 91.9 cm³/mol. The average molecular weight is 302 g/mol. The summed E-state index contributed by atoms with van der Waals surface area (Å²) in [6, 6.07) is 11.2. The fourth-order valence-corrected chi connectivity index (χ4v) is 3.10. The zero-order valence-corrected chi connectivity index (χ0v) is 14.3. The molecule has 0 amide bonds. The van der Waals surface area contributed by atoms with Crippen molar-refractivity contribution in [1.82, 2.24) is 10.3 Å². The summed E-state index contributed by atoms with van der Waals surface area (Å²) in [6.07, 6.45) is 2.28. The Morgan fingerprint density at radius 3 is 2.52 bits per heavy atom. The molecule has 3 heteroatoms. The second-order valence-corrected chi connectivity index (χ2v) is 7.63. The number of aryl methyl sites for hydroxylation is 1. The van der Waals surface area contributed by atoms with Crippen LogP contribution in [-0.2, 0) is 18.4 Å². The quantitative estimate of drug-likeness (QED) is 0.846. The summed E-state index contributed by atoms with van der Waals surface area (Å²) < 4.78 is 0. The van der Waals surface area contributed by atoms with E-state index in [1.807, 2.05) is 0 Å². The number of rotatable bonds is 6. The van der Waals surface area contributed by atoms with Crippen molar-refractivity contribution >= 4 is 11.3 Å². The van der Waals surface area contributed by atoms with E-state index >= 15 is 0 Å². The number of hydrogen-bond donors (Lipinski definition) is 1. The van der Waals surface area contributed by atoms with Gasteiger partial charge >= 0.3 is 0 Å². The fourth-order valence-electron chi connectivity index (χ4n) is 2.13. The van der Waals surface area contributed by atoms with E-state index in [4.69, 9.17) is 4.98 Å². The van der Waals surface area contributed by atoms with Crippen molar-refractivity contribution in [3.63, 3.8) is 0 Å². The first-order valence-electron chi connectivity index (χ1n) is 7.67. The lowest BCUT2D eigenvalue weighted by molar-refractivity contribution is 0.510. The maximum Gasteiger partial charge on any atom is 0.107 e. The lowest BCUT2D eigenvalue weighted by Crippen LogP contribution is -2.26. The van der Waals surface area contributed by atoms with E-state index in [1.54, 1.807) is 11.3 Å². The third-order valence-corrected chi connectivity index (χ3v) is 4.48. The maximum absolute atomic E-state index is 4.73. The zero-order chi connectivity index (χ0) is 15.3. The van der Waals surface area contributed by atoms with Gasteiger partial charge in [-0.05, 0) is 25.3 Å². The van der Waals surface area contributed by atoms with Gasteiger partial charge in [-0.2, -0.15) is 0 Å². The third-order valence-electron chi connectivity index (χ3n) is 3.63. The first-order chi connectivity index (χ1) is 9.95. The monoisotopic (exact) mass is 302 g/mol. The molecule has 2 nitrogen and oxygen atoms in total. The molecule has 2 aromatic rings. The highest BCUT2D eigenvalue weighted by Crippen LogP contribution is 2.23. The van der Waals surface area contributed by atoms with E-state index in [9.17, 15) is 0 Å². The Balaban J connectivity index is 1.76. The van der Waals surface area contributed by atoms with Gasteiger partial charge < -0.3 is 5.32 Å². The number of aromatic nitrogens is 1. The summed E-state index contributed by atoms with van der Waals surface area (Å²) in [5, 5.41) is 6.95. The van der Waals surface area contributed by atoms with Crippen LogP contribution in [0.25, 0.3) is 0 Å². The highest BCUT2D eigenvalue weighted by Gasteiger charge is 2.17. The molecule has 0 aliphatic carbocycles. The van der Waals surface area contributed by atoms with Gasteiger partial charge in [-0.3, -0.25) is 0 Å². The van der Waals surface area contributed by atoms with Crippen LogP contribution in [0.4, 0.5) is 0 Å². The fraction of sp³-hybridized carbons (Fsp3) is 0.500. The highest BCUT2D eigenvalue weighted by molar-refractivity contribution is 7.09. The Hall–Kier alpha value is -1.19. The van der Waals surface area contributed by atoms with E-state index in [2.05, 4.69) is 68.7 Å². The molecule has 0 aliphatic heterocycles. The second kappa shape index (κ2) is 7.19. The first kappa shape index (κ1) is 16.2. The SMILES string of the molecule is CC(CCc1ccccc1)NCc1nc(C(C)(C)C)cs1. The lowest BCUT2D eigenvalue weighted by atomic mass is 9.93. The van der Waals surface area contributed by atoms with Crippen LogP contribution in [0.1, 0.15) is 50.4 Å². The summed E-state index contributed by atoms with van der Waals surface area (Å²) in [4.78, 5) is 4.73. The van der Waals surface area contributed by atoms with Gasteiger partial charge in [0.1, 0.15) is 5.01 Å². The largest absolute Gasteiger partial charge is 0.308 e. The Kier molecular flexibility index (Phi) is 5.54. The van der Waals surface area contributed by atoms with Crippen molar-refractivity contribution in [3.05, 3.63) is 52.0 Å². The molecule has 0 radical (unpaired) electrons. The van der Waals surface area contributed by atoms with Crippen LogP contribution in [0.2, 0.25) is 0 Å². The predicted octanol–water partition coefficient (Wildman–Crippen LogP) is 4.55. The molecule has 0 saturated heterocycles. The van der Waals surface area contributed by atoms with Crippen LogP contribution in [-0.4, -0.2) is 11.0 Å². The molecule has 0 saturated carbocycles. The maximum atomic E-state index is 4.73. The number of benzene rings is 1. The van der Waals surface area contributed by atoms with Gasteiger partial charge in [0.2, 0.25) is 0 Å². The minimum Gasteiger partial charge on any atom is -0.308 e. The highest BCUT2D eigenvalue weighted by atomic mass is 32.1. The minimum absolute atomic E-state index is 0.147. The van der Waals surface area contributed by atoms with Crippen LogP contribution >= 0.6 is 11.3 Å². The number of nitrogens with zero attached hydrogens (tertiary/aromatic N) is 1. The summed E-state index contributed by atoms with van der Waals surface area (Å²) in [5.74, 6) is 0. The van der Waals surface area contributed by atoms with Crippen molar-refractivity contribution in [2.24, 2.45) is 0 Å². The zero-order valence-electron chi connectivity index (χ0n) is 13.5. The molecule has 114 valence electrons. The molecule has 1 N–H and O–H groups in total. The van der Waals surface area contributed by atoms with Gasteiger partial charge in [0.05, 0.1) is 5.69 Å². The van der Waals surface area contributed by atoms with Crippen molar-refractivity contribution in [3.8, 4) is 0 Å². The van der Waals surface area contributed by atoms with E-state index in [0.29, 0.717) is 6.04 Å². The van der Waals surface area contributed by atoms with Gasteiger partial charge in [-0.15, -0.1) is 11.3 Å². The molecule has 1 aromatic carbocycles. The molecule has 1 aromatic heterocycles. The Morgan fingerprint density at radius 2 is 1.90 bits per heavy atom. The van der Waals surface area contributed by atoms with Crippen LogP contribution in [0.3, 0.4) is 0 Å². The van der Waals surface area contributed by atoms with Crippen LogP contribution < -0.4 is 5.32 Å². The molecule has 1 heterocycles. The molecular formula is C18H26N2S. The van der Waals surface area contributed by atoms with Crippen molar-refractivity contribution in [2.75, 3.05) is 0 Å². The molecule has 1 unspecified atom stereocenters. The van der Waals surface area contributed by atoms with Crippen LogP contribution in [0.5, 0.6) is 0 Å². The molecule has 0 aliphatic rings. The summed E-state index contributed by atoms with van der Waals surface area (Å²) in [6.45, 7) is 9.75. The smallest absolute Gasteiger partial charge is 0.107 e. The topological polar surface area (TPSA) is 24.9 Å². The van der Waals surface area contributed by atoms with E-state index < -0.39 is 0 Å². The minimum atomic E-state index is 0.147. The van der Waals surface area contributed by atoms with Crippen molar-refractivity contribution in [2.45, 2.75) is 58.5 Å². The summed E-state index contributed by atoms with van der Waals surface area (Å²) in [7, 11) is 0. The first-order valence-corrected chi connectivity index (χ1v) is 8.55. The van der Waals surface area contributed by atoms with Gasteiger partial charge in [0.15, 0.2) is 0 Å². The van der Waals surface area contributed by atoms with Crippen molar-refractivity contribution in [1.29, 1.82) is 0 Å². The summed E-state index contributed by atoms with van der Waals surface area (Å²) in [5.41, 5.74) is 2.75. The molecule has 0 bridgehead atoms. The Bertz CT molecular complexity index is 540. The van der Waals surface area contributed by atoms with Gasteiger partial charge in [-0.25, -0.2) is 4.98 Å². The lowest BCUT2D eigenvalue weighted by Gasteiger charge is -2.15. The van der Waals surface area contributed by atoms with Gasteiger partial charge in [-0.1, -0.05) is 51.1 Å². The van der Waals surface area contributed by atoms with Crippen molar-refractivity contribution < 1.29 is 0 Å². The molecule has 1 atom stereocenters. The Labute approximate surface area is 132 Å². The number of thiazole rings is 1. The van der Waals surface area contributed by atoms with E-state index in [1.165, 1.54) is 16.3 Å². The van der Waals surface area contributed by atoms with Gasteiger partial charge in [0, 0.05) is 23.4 Å². The molecule has 2 rings (SSSR count). The standard InChI is InChI=1S/C18H26N2S/c1-14(10-11-15-8-6-5-7-9-15)19-12-17-20-16(13-21-17)18(2,3)4/h5-9,13-14,19H,10-12H2,1-4H3. The van der Waals surface area contributed by atoms with E-state index in [-0.39, 0.29) is 5.41 Å². The molecule has 0 spiro atoms. The Morgan fingerprint density at radius 1 is 1.19 bits per heavy atom. The third kappa shape index (κ3) is 5.25. The summed E-state index contributed by atoms with van der Waals surface area (Å²) >= 11 is 1.76. The normalized spacial score (nSPS) is 13.3.